The Bertz CT molecular complexity index is 1250. The van der Waals surface area contributed by atoms with Gasteiger partial charge in [-0.2, -0.15) is 0 Å². The average molecular weight is 743 g/mol. The van der Waals surface area contributed by atoms with Gasteiger partial charge in [-0.3, -0.25) is 0 Å². The maximum Gasteiger partial charge on any atom is 0.186 e. The van der Waals surface area contributed by atoms with Crippen molar-refractivity contribution in [3.63, 3.8) is 0 Å². The summed E-state index contributed by atoms with van der Waals surface area (Å²) in [4.78, 5) is 0. The summed E-state index contributed by atoms with van der Waals surface area (Å²) in [6.07, 6.45) is -7.68. The van der Waals surface area contributed by atoms with Gasteiger partial charge in [0.05, 0.1) is 37.1 Å². The number of hydrogen-bond acceptors (Lipinski definition) is 13. The summed E-state index contributed by atoms with van der Waals surface area (Å²) in [5.41, 5.74) is 0.314. The molecule has 3 saturated carbocycles. The predicted molar refractivity (Wildman–Crippen MR) is 187 cm³/mol. The Morgan fingerprint density at radius 3 is 2.13 bits per heavy atom. The van der Waals surface area contributed by atoms with Crippen molar-refractivity contribution in [2.24, 2.45) is 46.3 Å². The molecule has 0 aromatic rings. The number of allylic oxidation sites excluding steroid dienone is 1. The third kappa shape index (κ3) is 7.07. The van der Waals surface area contributed by atoms with Crippen molar-refractivity contribution in [1.82, 2.24) is 0 Å². The molecule has 13 heteroatoms. The van der Waals surface area contributed by atoms with Crippen LogP contribution in [0.1, 0.15) is 92.9 Å². The zero-order chi connectivity index (χ0) is 38.0. The molecule has 0 spiro atoms. The molecule has 5 fully saturated rings. The summed E-state index contributed by atoms with van der Waals surface area (Å²) in [6.45, 7) is 11.9. The molecule has 0 unspecified atom stereocenters. The molecule has 2 heterocycles. The summed E-state index contributed by atoms with van der Waals surface area (Å²) in [6, 6.07) is 0. The van der Waals surface area contributed by atoms with Gasteiger partial charge < -0.3 is 64.9 Å². The lowest BCUT2D eigenvalue weighted by molar-refractivity contribution is -0.318. The highest BCUT2D eigenvalue weighted by Gasteiger charge is 2.65. The lowest BCUT2D eigenvalue weighted by Crippen LogP contribution is -2.61. The van der Waals surface area contributed by atoms with Gasteiger partial charge in [0, 0.05) is 11.8 Å². The molecule has 0 bridgehead atoms. The monoisotopic (exact) mass is 742 g/mol. The van der Waals surface area contributed by atoms with E-state index in [0.29, 0.717) is 31.6 Å². The highest BCUT2D eigenvalue weighted by molar-refractivity contribution is 5.28. The van der Waals surface area contributed by atoms with Gasteiger partial charge in [-0.1, -0.05) is 46.3 Å². The number of fused-ring (bicyclic) bond motifs is 5. The first-order chi connectivity index (χ1) is 24.4. The van der Waals surface area contributed by atoms with E-state index in [1.165, 1.54) is 0 Å². The van der Waals surface area contributed by atoms with Crippen LogP contribution in [-0.2, 0) is 18.9 Å². The maximum absolute atomic E-state index is 11.6. The van der Waals surface area contributed by atoms with Crippen LogP contribution in [0.2, 0.25) is 0 Å². The fourth-order valence-corrected chi connectivity index (χ4v) is 11.6. The van der Waals surface area contributed by atoms with E-state index in [2.05, 4.69) is 40.7 Å². The number of aliphatic hydroxyl groups excluding tert-OH is 9. The molecule has 0 aromatic heterocycles. The van der Waals surface area contributed by atoms with E-state index >= 15 is 0 Å². The Labute approximate surface area is 307 Å². The van der Waals surface area contributed by atoms with E-state index in [-0.39, 0.29) is 35.0 Å². The van der Waals surface area contributed by atoms with Gasteiger partial charge in [0.1, 0.15) is 42.7 Å². The second-order valence-electron chi connectivity index (χ2n) is 18.1. The molecule has 2 saturated heterocycles. The summed E-state index contributed by atoms with van der Waals surface area (Å²) in [5.74, 6) is 0.552. The van der Waals surface area contributed by atoms with Crippen molar-refractivity contribution in [3.05, 3.63) is 11.6 Å². The lowest BCUT2D eigenvalue weighted by Gasteiger charge is -2.60. The van der Waals surface area contributed by atoms with E-state index in [1.807, 2.05) is 0 Å². The van der Waals surface area contributed by atoms with Crippen LogP contribution in [0.25, 0.3) is 0 Å². The summed E-state index contributed by atoms with van der Waals surface area (Å²) >= 11 is 0. The van der Waals surface area contributed by atoms with Gasteiger partial charge in [0.2, 0.25) is 0 Å². The topological polar surface area (TPSA) is 219 Å². The minimum absolute atomic E-state index is 0.126. The minimum atomic E-state index is -1.56. The fourth-order valence-electron chi connectivity index (χ4n) is 11.6. The van der Waals surface area contributed by atoms with Crippen LogP contribution < -0.4 is 0 Å². The summed E-state index contributed by atoms with van der Waals surface area (Å²) < 4.78 is 24.9. The van der Waals surface area contributed by atoms with E-state index < -0.39 is 97.8 Å². The molecular formula is C39H66O13. The zero-order valence-corrected chi connectivity index (χ0v) is 31.6. The molecule has 4 aliphatic carbocycles. The van der Waals surface area contributed by atoms with E-state index in [4.69, 9.17) is 18.9 Å². The molecule has 6 rings (SSSR count). The molecule has 2 aliphatic heterocycles. The van der Waals surface area contributed by atoms with Crippen molar-refractivity contribution in [3.8, 4) is 0 Å². The maximum atomic E-state index is 11.6. The second-order valence-corrected chi connectivity index (χ2v) is 18.1. The molecule has 21 atom stereocenters. The Balaban J connectivity index is 1.31. The minimum Gasteiger partial charge on any atom is -0.394 e. The summed E-state index contributed by atoms with van der Waals surface area (Å²) in [5, 5.41) is 96.3. The molecule has 52 heavy (non-hydrogen) atoms. The van der Waals surface area contributed by atoms with E-state index in [9.17, 15) is 46.0 Å². The van der Waals surface area contributed by atoms with Gasteiger partial charge in [-0.05, 0) is 92.8 Å². The standard InChI is InChI=1S/C39H66O13/c1-17(2)7-10-25(42)18(3)29-26(50-37-35(48)33(46)31(44)27(16-40)51-37)15-24-22-9-8-20-13-21(41)14-28(39(20,6)23(22)11-12-38(24,29)5)52-36-34(47)32(45)30(43)19(4)49-36/h8,17-19,21-37,40-48H,7,9-16H2,1-6H3/t18-,19+,21-,22-,23+,24+,25+,26+,27-,28-,29+,30+,31+,32-,33+,34-,35-,36+,37-,38+,39+/m1/s1. The largest absolute Gasteiger partial charge is 0.394 e. The lowest BCUT2D eigenvalue weighted by atomic mass is 9.46. The first-order valence-electron chi connectivity index (χ1n) is 19.8. The van der Waals surface area contributed by atoms with Gasteiger partial charge in [0.15, 0.2) is 12.6 Å². The smallest absolute Gasteiger partial charge is 0.186 e. The molecule has 0 amide bonds. The third-order valence-corrected chi connectivity index (χ3v) is 14.7. The molecule has 0 radical (unpaired) electrons. The third-order valence-electron chi connectivity index (χ3n) is 14.7. The number of aliphatic hydroxyl groups is 9. The van der Waals surface area contributed by atoms with Crippen LogP contribution >= 0.6 is 0 Å². The van der Waals surface area contributed by atoms with Crippen LogP contribution in [-0.4, -0.2) is 138 Å². The van der Waals surface area contributed by atoms with Gasteiger partial charge in [0.25, 0.3) is 0 Å². The van der Waals surface area contributed by atoms with Gasteiger partial charge in [-0.15, -0.1) is 0 Å². The van der Waals surface area contributed by atoms with Crippen molar-refractivity contribution in [1.29, 1.82) is 0 Å². The highest BCUT2D eigenvalue weighted by Crippen LogP contribution is 2.68. The molecule has 9 N–H and O–H groups in total. The Kier molecular flexibility index (Phi) is 12.3. The molecule has 0 aromatic carbocycles. The van der Waals surface area contributed by atoms with Gasteiger partial charge >= 0.3 is 0 Å². The SMILES string of the molecule is CC(C)CC[C@H](O)[C@@H](C)[C@H]1[C@@H](O[C@@H]2O[C@H](CO)[C@H](O)[C@H](O)[C@H]2O)C[C@H]2[C@@H]3CC=C4C[C@@H](O)C[C@@H](O[C@@H]5O[C@@H](C)[C@H](O)[C@@H](O)[C@H]5O)[C@]4(C)[C@H]3CC[C@]12C. The number of ether oxygens (including phenoxy) is 4. The first kappa shape index (κ1) is 40.9. The second kappa shape index (κ2) is 15.6. The molecule has 13 nitrogen and oxygen atoms in total. The predicted octanol–water partition coefficient (Wildman–Crippen LogP) is 0.977. The quantitative estimate of drug-likeness (QED) is 0.143. The number of rotatable bonds is 10. The van der Waals surface area contributed by atoms with Crippen LogP contribution in [0.5, 0.6) is 0 Å². The highest BCUT2D eigenvalue weighted by atomic mass is 16.7. The van der Waals surface area contributed by atoms with Crippen LogP contribution in [0.15, 0.2) is 11.6 Å². The van der Waals surface area contributed by atoms with Crippen molar-refractivity contribution in [2.45, 2.75) is 179 Å². The Hall–Kier alpha value is -0.780. The van der Waals surface area contributed by atoms with Crippen LogP contribution in [0, 0.1) is 46.3 Å². The first-order valence-corrected chi connectivity index (χ1v) is 19.8. The Morgan fingerprint density at radius 2 is 1.48 bits per heavy atom. The van der Waals surface area contributed by atoms with Crippen molar-refractivity contribution < 1.29 is 64.9 Å². The fraction of sp³-hybridized carbons (Fsp3) is 0.949. The Morgan fingerprint density at radius 1 is 0.827 bits per heavy atom. The zero-order valence-electron chi connectivity index (χ0n) is 31.6. The average Bonchev–Trinajstić information content (AvgIpc) is 3.40. The van der Waals surface area contributed by atoms with Crippen molar-refractivity contribution in [2.75, 3.05) is 6.61 Å². The van der Waals surface area contributed by atoms with Gasteiger partial charge in [-0.25, -0.2) is 0 Å². The molecule has 300 valence electrons. The van der Waals surface area contributed by atoms with Crippen molar-refractivity contribution >= 4 is 0 Å². The van der Waals surface area contributed by atoms with E-state index in [1.54, 1.807) is 6.92 Å². The van der Waals surface area contributed by atoms with Crippen LogP contribution in [0.3, 0.4) is 0 Å². The molecular weight excluding hydrogens is 676 g/mol. The summed E-state index contributed by atoms with van der Waals surface area (Å²) in [7, 11) is 0. The molecule has 6 aliphatic rings. The van der Waals surface area contributed by atoms with E-state index in [0.717, 1.165) is 31.3 Å². The normalized spacial score (nSPS) is 52.0. The number of hydrogen-bond donors (Lipinski definition) is 9. The van der Waals surface area contributed by atoms with Crippen LogP contribution in [0.4, 0.5) is 0 Å².